The Labute approximate surface area is 191 Å². The molecular formula is C26H34N2O4. The van der Waals surface area contributed by atoms with E-state index in [9.17, 15) is 4.79 Å². The highest BCUT2D eigenvalue weighted by molar-refractivity contribution is 5.79. The molecule has 0 radical (unpaired) electrons. The lowest BCUT2D eigenvalue weighted by Crippen LogP contribution is -2.38. The van der Waals surface area contributed by atoms with Gasteiger partial charge in [0.15, 0.2) is 0 Å². The summed E-state index contributed by atoms with van der Waals surface area (Å²) in [6.07, 6.45) is 3.32. The monoisotopic (exact) mass is 438 g/mol. The molecule has 0 fully saturated rings. The number of rotatable bonds is 8. The van der Waals surface area contributed by atoms with E-state index >= 15 is 0 Å². The second-order valence-electron chi connectivity index (χ2n) is 8.20. The van der Waals surface area contributed by atoms with Gasteiger partial charge in [-0.1, -0.05) is 31.2 Å². The third-order valence-corrected chi connectivity index (χ3v) is 5.54. The normalized spacial score (nSPS) is 16.1. The number of hydrogen-bond acceptors (Lipinski definition) is 5. The van der Waals surface area contributed by atoms with Crippen molar-refractivity contribution in [2.45, 2.75) is 45.8 Å². The van der Waals surface area contributed by atoms with Crippen molar-refractivity contribution in [2.24, 2.45) is 0 Å². The second kappa shape index (κ2) is 11.0. The minimum Gasteiger partial charge on any atom is -0.491 e. The number of hydrogen-bond donors (Lipinski definition) is 1. The van der Waals surface area contributed by atoms with E-state index in [2.05, 4.69) is 25.1 Å². The van der Waals surface area contributed by atoms with Gasteiger partial charge in [-0.05, 0) is 67.7 Å². The predicted molar refractivity (Wildman–Crippen MR) is 128 cm³/mol. The first-order chi connectivity index (χ1) is 15.4. The minimum atomic E-state index is -0.309. The van der Waals surface area contributed by atoms with Crippen LogP contribution >= 0.6 is 0 Å². The third-order valence-electron chi connectivity index (χ3n) is 5.54. The van der Waals surface area contributed by atoms with Crippen LogP contribution < -0.4 is 10.5 Å². The van der Waals surface area contributed by atoms with Crippen LogP contribution in [0.25, 0.3) is 5.57 Å². The molecule has 32 heavy (non-hydrogen) atoms. The van der Waals surface area contributed by atoms with Gasteiger partial charge in [-0.25, -0.2) is 4.79 Å². The highest BCUT2D eigenvalue weighted by Gasteiger charge is 2.30. The van der Waals surface area contributed by atoms with Crippen molar-refractivity contribution < 1.29 is 19.0 Å². The fourth-order valence-corrected chi connectivity index (χ4v) is 3.82. The molecule has 1 atom stereocenters. The van der Waals surface area contributed by atoms with E-state index in [1.54, 1.807) is 12.0 Å². The maximum absolute atomic E-state index is 12.9. The number of anilines is 1. The van der Waals surface area contributed by atoms with E-state index in [1.165, 1.54) is 5.56 Å². The number of nitrogens with two attached hydrogens (primary N) is 1. The Hall–Kier alpha value is -2.99. The molecule has 0 saturated heterocycles. The maximum atomic E-state index is 12.9. The summed E-state index contributed by atoms with van der Waals surface area (Å²) in [6, 6.07) is 13.8. The maximum Gasteiger partial charge on any atom is 0.410 e. The van der Waals surface area contributed by atoms with Crippen LogP contribution in [0.15, 0.2) is 48.5 Å². The first-order valence-electron chi connectivity index (χ1n) is 11.2. The summed E-state index contributed by atoms with van der Waals surface area (Å²) >= 11 is 0. The van der Waals surface area contributed by atoms with Gasteiger partial charge < -0.3 is 19.9 Å². The average Bonchev–Trinajstić information content (AvgIpc) is 2.79. The molecular weight excluding hydrogens is 404 g/mol. The molecule has 2 aromatic rings. The number of nitrogen functional groups attached to an aromatic ring is 1. The predicted octanol–water partition coefficient (Wildman–Crippen LogP) is 5.23. The summed E-state index contributed by atoms with van der Waals surface area (Å²) in [6.45, 7) is 7.44. The zero-order valence-electron chi connectivity index (χ0n) is 19.5. The van der Waals surface area contributed by atoms with Crippen LogP contribution in [0.5, 0.6) is 5.75 Å². The van der Waals surface area contributed by atoms with E-state index in [1.807, 2.05) is 44.2 Å². The standard InChI is InChI=1S/C26H34N2O4/c1-5-19-6-11-24(27)23(16-19)21-12-13-28(26(29)32-18(2)3)25(17-21)20-7-9-22(10-8-20)31-15-14-30-4/h6-11,16-18,25H,5,12-15,27H2,1-4H3. The van der Waals surface area contributed by atoms with Crippen LogP contribution in [-0.4, -0.2) is 44.0 Å². The number of ether oxygens (including phenoxy) is 3. The Morgan fingerprint density at radius 3 is 2.56 bits per heavy atom. The number of carbonyl (C=O) groups is 1. The number of benzene rings is 2. The Morgan fingerprint density at radius 2 is 1.91 bits per heavy atom. The Bertz CT molecular complexity index is 937. The summed E-state index contributed by atoms with van der Waals surface area (Å²) < 4.78 is 16.2. The zero-order valence-corrected chi connectivity index (χ0v) is 19.5. The molecule has 1 aliphatic rings. The highest BCUT2D eigenvalue weighted by atomic mass is 16.6. The SMILES string of the molecule is CCc1ccc(N)c(C2=CC(c3ccc(OCCOC)cc3)N(C(=O)OC(C)C)CC2)c1. The average molecular weight is 439 g/mol. The summed E-state index contributed by atoms with van der Waals surface area (Å²) in [4.78, 5) is 14.6. The molecule has 2 N–H and O–H groups in total. The van der Waals surface area contributed by atoms with E-state index in [4.69, 9.17) is 19.9 Å². The summed E-state index contributed by atoms with van der Waals surface area (Å²) in [5, 5.41) is 0. The number of aryl methyl sites for hydroxylation is 1. The minimum absolute atomic E-state index is 0.179. The number of carbonyl (C=O) groups excluding carboxylic acids is 1. The first kappa shape index (κ1) is 23.7. The summed E-state index contributed by atoms with van der Waals surface area (Å²) in [7, 11) is 1.65. The Balaban J connectivity index is 1.94. The summed E-state index contributed by atoms with van der Waals surface area (Å²) in [5.74, 6) is 0.766. The second-order valence-corrected chi connectivity index (χ2v) is 8.20. The number of amides is 1. The number of methoxy groups -OCH3 is 1. The molecule has 0 aromatic heterocycles. The van der Waals surface area contributed by atoms with Gasteiger partial charge in [0.25, 0.3) is 0 Å². The smallest absolute Gasteiger partial charge is 0.410 e. The third kappa shape index (κ3) is 5.82. The summed E-state index contributed by atoms with van der Waals surface area (Å²) in [5.41, 5.74) is 11.5. The van der Waals surface area contributed by atoms with Gasteiger partial charge in [0.05, 0.1) is 18.8 Å². The van der Waals surface area contributed by atoms with Crippen molar-refractivity contribution in [3.8, 4) is 5.75 Å². The Kier molecular flexibility index (Phi) is 8.17. The van der Waals surface area contributed by atoms with Gasteiger partial charge in [0.1, 0.15) is 12.4 Å². The van der Waals surface area contributed by atoms with Crippen LogP contribution in [0.4, 0.5) is 10.5 Å². The van der Waals surface area contributed by atoms with E-state index in [0.29, 0.717) is 19.8 Å². The molecule has 0 saturated carbocycles. The lowest BCUT2D eigenvalue weighted by molar-refractivity contribution is 0.0684. The van der Waals surface area contributed by atoms with Crippen molar-refractivity contribution in [1.29, 1.82) is 0 Å². The molecule has 2 aromatic carbocycles. The molecule has 0 spiro atoms. The molecule has 1 heterocycles. The van der Waals surface area contributed by atoms with Gasteiger partial charge in [-0.3, -0.25) is 4.90 Å². The van der Waals surface area contributed by atoms with Gasteiger partial charge in [0, 0.05) is 24.9 Å². The van der Waals surface area contributed by atoms with E-state index in [-0.39, 0.29) is 18.2 Å². The molecule has 0 aliphatic carbocycles. The van der Waals surface area contributed by atoms with E-state index in [0.717, 1.165) is 41.0 Å². The first-order valence-corrected chi connectivity index (χ1v) is 11.2. The Morgan fingerprint density at radius 1 is 1.16 bits per heavy atom. The van der Waals surface area contributed by atoms with Crippen LogP contribution in [0.2, 0.25) is 0 Å². The van der Waals surface area contributed by atoms with Crippen LogP contribution in [0.1, 0.15) is 49.9 Å². The van der Waals surface area contributed by atoms with Crippen molar-refractivity contribution in [3.05, 3.63) is 65.2 Å². The highest BCUT2D eigenvalue weighted by Crippen LogP contribution is 2.37. The van der Waals surface area contributed by atoms with Crippen molar-refractivity contribution >= 4 is 17.4 Å². The molecule has 1 aliphatic heterocycles. The molecule has 172 valence electrons. The van der Waals surface area contributed by atoms with Crippen molar-refractivity contribution in [1.82, 2.24) is 4.90 Å². The van der Waals surface area contributed by atoms with Crippen LogP contribution in [-0.2, 0) is 15.9 Å². The molecule has 3 rings (SSSR count). The van der Waals surface area contributed by atoms with Gasteiger partial charge in [0.2, 0.25) is 0 Å². The number of nitrogens with zero attached hydrogens (tertiary/aromatic N) is 1. The zero-order chi connectivity index (χ0) is 23.1. The lowest BCUT2D eigenvalue weighted by Gasteiger charge is -2.35. The van der Waals surface area contributed by atoms with Crippen molar-refractivity contribution in [3.63, 3.8) is 0 Å². The van der Waals surface area contributed by atoms with Crippen LogP contribution in [0, 0.1) is 0 Å². The quantitative estimate of drug-likeness (QED) is 0.451. The van der Waals surface area contributed by atoms with Gasteiger partial charge in [-0.2, -0.15) is 0 Å². The fourth-order valence-electron chi connectivity index (χ4n) is 3.82. The largest absolute Gasteiger partial charge is 0.491 e. The molecule has 1 unspecified atom stereocenters. The van der Waals surface area contributed by atoms with Gasteiger partial charge in [-0.15, -0.1) is 0 Å². The topological polar surface area (TPSA) is 74.0 Å². The van der Waals surface area contributed by atoms with Crippen molar-refractivity contribution in [2.75, 3.05) is 32.6 Å². The van der Waals surface area contributed by atoms with Crippen LogP contribution in [0.3, 0.4) is 0 Å². The van der Waals surface area contributed by atoms with E-state index < -0.39 is 0 Å². The molecule has 6 nitrogen and oxygen atoms in total. The van der Waals surface area contributed by atoms with Gasteiger partial charge >= 0.3 is 6.09 Å². The molecule has 1 amide bonds. The molecule has 0 bridgehead atoms. The molecule has 6 heteroatoms. The fraction of sp³-hybridized carbons (Fsp3) is 0.423. The lowest BCUT2D eigenvalue weighted by atomic mass is 9.90.